The van der Waals surface area contributed by atoms with Crippen molar-refractivity contribution in [2.45, 2.75) is 17.9 Å². The fourth-order valence-corrected chi connectivity index (χ4v) is 4.40. The van der Waals surface area contributed by atoms with Crippen LogP contribution in [0.2, 0.25) is 0 Å². The molecule has 0 radical (unpaired) electrons. The molecule has 0 aliphatic rings. The SMILES string of the molecule is N#CCC[C@@H](C#N)CSc1ncnc2sc(-c3ccccc3)cc12. The van der Waals surface area contributed by atoms with Crippen molar-refractivity contribution in [2.75, 3.05) is 5.75 Å². The summed E-state index contributed by atoms with van der Waals surface area (Å²) in [6, 6.07) is 16.7. The van der Waals surface area contributed by atoms with Gasteiger partial charge in [-0.15, -0.1) is 23.1 Å². The van der Waals surface area contributed by atoms with Gasteiger partial charge < -0.3 is 0 Å². The van der Waals surface area contributed by atoms with Crippen LogP contribution in [-0.2, 0) is 0 Å². The second-order valence-electron chi connectivity index (χ2n) is 5.21. The van der Waals surface area contributed by atoms with E-state index in [1.165, 1.54) is 5.56 Å². The average Bonchev–Trinajstić information content (AvgIpc) is 3.07. The Kier molecular flexibility index (Phi) is 5.43. The second-order valence-corrected chi connectivity index (χ2v) is 7.25. The maximum Gasteiger partial charge on any atom is 0.128 e. The van der Waals surface area contributed by atoms with Gasteiger partial charge in [0.05, 0.1) is 18.1 Å². The third-order valence-corrected chi connectivity index (χ3v) is 5.82. The highest BCUT2D eigenvalue weighted by Gasteiger charge is 2.13. The molecule has 118 valence electrons. The lowest BCUT2D eigenvalue weighted by molar-refractivity contribution is 0.685. The fourth-order valence-electron chi connectivity index (χ4n) is 2.30. The maximum absolute atomic E-state index is 9.19. The summed E-state index contributed by atoms with van der Waals surface area (Å²) in [5.41, 5.74) is 1.17. The molecule has 1 atom stereocenters. The predicted octanol–water partition coefficient (Wildman–Crippen LogP) is 4.89. The third-order valence-electron chi connectivity index (χ3n) is 3.56. The smallest absolute Gasteiger partial charge is 0.128 e. The molecule has 0 fully saturated rings. The number of benzene rings is 1. The van der Waals surface area contributed by atoms with E-state index in [0.29, 0.717) is 18.6 Å². The number of nitrogens with zero attached hydrogens (tertiary/aromatic N) is 4. The van der Waals surface area contributed by atoms with E-state index >= 15 is 0 Å². The van der Waals surface area contributed by atoms with Crippen molar-refractivity contribution in [2.24, 2.45) is 5.92 Å². The van der Waals surface area contributed by atoms with Gasteiger partial charge in [-0.2, -0.15) is 10.5 Å². The van der Waals surface area contributed by atoms with Crippen molar-refractivity contribution in [3.05, 3.63) is 42.7 Å². The van der Waals surface area contributed by atoms with Crippen LogP contribution >= 0.6 is 23.1 Å². The minimum absolute atomic E-state index is 0.133. The van der Waals surface area contributed by atoms with Gasteiger partial charge in [0, 0.05) is 22.4 Å². The van der Waals surface area contributed by atoms with E-state index in [0.717, 1.165) is 20.1 Å². The molecule has 0 aliphatic carbocycles. The zero-order valence-electron chi connectivity index (χ0n) is 12.8. The van der Waals surface area contributed by atoms with Gasteiger partial charge in [-0.05, 0) is 18.1 Å². The Bertz CT molecular complexity index is 906. The Morgan fingerprint density at radius 1 is 1.17 bits per heavy atom. The highest BCUT2D eigenvalue weighted by atomic mass is 32.2. The molecule has 0 saturated heterocycles. The molecular formula is C18H14N4S2. The van der Waals surface area contributed by atoms with E-state index < -0.39 is 0 Å². The molecule has 2 heterocycles. The summed E-state index contributed by atoms with van der Waals surface area (Å²) in [5.74, 6) is 0.507. The fraction of sp³-hybridized carbons (Fsp3) is 0.222. The average molecular weight is 350 g/mol. The third kappa shape index (κ3) is 3.73. The van der Waals surface area contributed by atoms with Crippen LogP contribution < -0.4 is 0 Å². The quantitative estimate of drug-likeness (QED) is 0.467. The van der Waals surface area contributed by atoms with Crippen LogP contribution in [0.3, 0.4) is 0 Å². The summed E-state index contributed by atoms with van der Waals surface area (Å²) in [7, 11) is 0. The predicted molar refractivity (Wildman–Crippen MR) is 97.5 cm³/mol. The minimum atomic E-state index is -0.133. The lowest BCUT2D eigenvalue weighted by atomic mass is 10.1. The van der Waals surface area contributed by atoms with Crippen LogP contribution in [0.25, 0.3) is 20.7 Å². The van der Waals surface area contributed by atoms with E-state index in [4.69, 9.17) is 5.26 Å². The first-order chi connectivity index (χ1) is 11.8. The molecule has 0 spiro atoms. The molecule has 0 unspecified atom stereocenters. The topological polar surface area (TPSA) is 73.4 Å². The molecule has 0 amide bonds. The van der Waals surface area contributed by atoms with E-state index in [2.05, 4.69) is 40.3 Å². The van der Waals surface area contributed by atoms with E-state index in [-0.39, 0.29) is 5.92 Å². The van der Waals surface area contributed by atoms with Gasteiger partial charge in [0.25, 0.3) is 0 Å². The summed E-state index contributed by atoms with van der Waals surface area (Å²) in [6.45, 7) is 0. The first-order valence-corrected chi connectivity index (χ1v) is 9.31. The Morgan fingerprint density at radius 3 is 2.75 bits per heavy atom. The molecule has 3 aromatic rings. The van der Waals surface area contributed by atoms with Crippen LogP contribution in [0.5, 0.6) is 0 Å². The van der Waals surface area contributed by atoms with Crippen molar-refractivity contribution in [3.63, 3.8) is 0 Å². The van der Waals surface area contributed by atoms with Gasteiger partial charge in [-0.3, -0.25) is 0 Å². The zero-order chi connectivity index (χ0) is 16.8. The lowest BCUT2D eigenvalue weighted by Gasteiger charge is -2.06. The van der Waals surface area contributed by atoms with Crippen LogP contribution in [0.4, 0.5) is 0 Å². The zero-order valence-corrected chi connectivity index (χ0v) is 14.5. The molecule has 0 bridgehead atoms. The Labute approximate surface area is 148 Å². The van der Waals surface area contributed by atoms with Crippen molar-refractivity contribution in [3.8, 4) is 22.6 Å². The number of thiophene rings is 1. The van der Waals surface area contributed by atoms with E-state index in [9.17, 15) is 5.26 Å². The van der Waals surface area contributed by atoms with Gasteiger partial charge in [-0.1, -0.05) is 30.3 Å². The summed E-state index contributed by atoms with van der Waals surface area (Å²) >= 11 is 3.21. The summed E-state index contributed by atoms with van der Waals surface area (Å²) in [6.07, 6.45) is 2.59. The molecule has 24 heavy (non-hydrogen) atoms. The highest BCUT2D eigenvalue weighted by molar-refractivity contribution is 7.99. The van der Waals surface area contributed by atoms with E-state index in [1.54, 1.807) is 29.4 Å². The summed E-state index contributed by atoms with van der Waals surface area (Å²) < 4.78 is 0. The first kappa shape index (κ1) is 16.4. The van der Waals surface area contributed by atoms with Crippen LogP contribution in [0.15, 0.2) is 47.8 Å². The summed E-state index contributed by atoms with van der Waals surface area (Å²) in [5, 5.41) is 19.8. The van der Waals surface area contributed by atoms with Crippen molar-refractivity contribution < 1.29 is 0 Å². The molecule has 3 rings (SSSR count). The standard InChI is InChI=1S/C18H14N4S2/c19-8-4-5-13(10-20)11-23-17-15-9-16(14-6-2-1-3-7-14)24-18(15)22-12-21-17/h1-3,6-7,9,12-13H,4-5,11H2/t13-/m0/s1. The first-order valence-electron chi connectivity index (χ1n) is 7.51. The number of aromatic nitrogens is 2. The molecule has 0 N–H and O–H groups in total. The number of rotatable bonds is 6. The van der Waals surface area contributed by atoms with Gasteiger partial charge in [0.1, 0.15) is 16.2 Å². The van der Waals surface area contributed by atoms with Crippen molar-refractivity contribution in [1.29, 1.82) is 10.5 Å². The number of fused-ring (bicyclic) bond motifs is 1. The molecule has 2 aromatic heterocycles. The largest absolute Gasteiger partial charge is 0.229 e. The monoisotopic (exact) mass is 350 g/mol. The van der Waals surface area contributed by atoms with E-state index in [1.807, 2.05) is 18.2 Å². The van der Waals surface area contributed by atoms with Gasteiger partial charge in [0.15, 0.2) is 0 Å². The van der Waals surface area contributed by atoms with Crippen molar-refractivity contribution in [1.82, 2.24) is 9.97 Å². The van der Waals surface area contributed by atoms with Gasteiger partial charge in [-0.25, -0.2) is 9.97 Å². The molecule has 1 aromatic carbocycles. The lowest BCUT2D eigenvalue weighted by Crippen LogP contribution is -2.00. The number of hydrogen-bond donors (Lipinski definition) is 0. The minimum Gasteiger partial charge on any atom is -0.229 e. The van der Waals surface area contributed by atoms with Crippen LogP contribution in [-0.4, -0.2) is 15.7 Å². The van der Waals surface area contributed by atoms with Crippen LogP contribution in [0, 0.1) is 28.6 Å². The summed E-state index contributed by atoms with van der Waals surface area (Å²) in [4.78, 5) is 10.9. The van der Waals surface area contributed by atoms with Gasteiger partial charge >= 0.3 is 0 Å². The number of nitriles is 2. The maximum atomic E-state index is 9.19. The molecule has 0 aliphatic heterocycles. The normalized spacial score (nSPS) is 11.8. The number of hydrogen-bond acceptors (Lipinski definition) is 6. The van der Waals surface area contributed by atoms with Crippen LogP contribution in [0.1, 0.15) is 12.8 Å². The molecule has 0 saturated carbocycles. The van der Waals surface area contributed by atoms with Crippen molar-refractivity contribution >= 4 is 33.3 Å². The Hall–Kier alpha value is -2.41. The number of thioether (sulfide) groups is 1. The Morgan fingerprint density at radius 2 is 2.00 bits per heavy atom. The second kappa shape index (κ2) is 7.92. The molecule has 6 heteroatoms. The van der Waals surface area contributed by atoms with Gasteiger partial charge in [0.2, 0.25) is 0 Å². The Balaban J connectivity index is 1.83. The highest BCUT2D eigenvalue weighted by Crippen LogP contribution is 2.36. The molecular weight excluding hydrogens is 336 g/mol. The molecule has 4 nitrogen and oxygen atoms in total.